The molecule has 16 heavy (non-hydrogen) atoms. The number of oxime groups is 1. The summed E-state index contributed by atoms with van der Waals surface area (Å²) in [5.74, 6) is 1.36. The average molecular weight is 227 g/mol. The van der Waals surface area contributed by atoms with E-state index in [4.69, 9.17) is 15.5 Å². The molecule has 0 aliphatic heterocycles. The molecule has 1 heterocycles. The molecule has 90 valence electrons. The van der Waals surface area contributed by atoms with Gasteiger partial charge >= 0.3 is 0 Å². The van der Waals surface area contributed by atoms with Gasteiger partial charge in [-0.3, -0.25) is 0 Å². The van der Waals surface area contributed by atoms with Crippen molar-refractivity contribution in [2.45, 2.75) is 39.3 Å². The van der Waals surface area contributed by atoms with E-state index in [-0.39, 0.29) is 11.9 Å². The van der Waals surface area contributed by atoms with E-state index < -0.39 is 0 Å². The Morgan fingerprint density at radius 1 is 1.69 bits per heavy atom. The number of hydrogen-bond donors (Lipinski definition) is 3. The minimum Gasteiger partial charge on any atom is -0.409 e. The zero-order chi connectivity index (χ0) is 12.0. The van der Waals surface area contributed by atoms with Crippen molar-refractivity contribution < 1.29 is 9.73 Å². The maximum atomic E-state index is 8.46. The summed E-state index contributed by atoms with van der Waals surface area (Å²) in [6, 6.07) is 0.134. The Morgan fingerprint density at radius 3 is 2.94 bits per heavy atom. The molecule has 0 saturated heterocycles. The van der Waals surface area contributed by atoms with E-state index >= 15 is 0 Å². The molecular formula is C9H17N5O2. The summed E-state index contributed by atoms with van der Waals surface area (Å²) in [7, 11) is 0. The highest BCUT2D eigenvalue weighted by molar-refractivity contribution is 5.80. The quantitative estimate of drug-likeness (QED) is 0.280. The van der Waals surface area contributed by atoms with Crippen molar-refractivity contribution in [3.63, 3.8) is 0 Å². The fourth-order valence-electron chi connectivity index (χ4n) is 1.30. The number of hydrogen-bond acceptors (Lipinski definition) is 6. The molecule has 0 radical (unpaired) electrons. The third-order valence-corrected chi connectivity index (χ3v) is 2.20. The molecule has 1 unspecified atom stereocenters. The van der Waals surface area contributed by atoms with Crippen molar-refractivity contribution in [3.05, 3.63) is 11.7 Å². The van der Waals surface area contributed by atoms with E-state index in [0.29, 0.717) is 24.7 Å². The summed E-state index contributed by atoms with van der Waals surface area (Å²) < 4.78 is 4.84. The van der Waals surface area contributed by atoms with E-state index in [1.807, 2.05) is 6.92 Å². The van der Waals surface area contributed by atoms with E-state index in [0.717, 1.165) is 6.42 Å². The van der Waals surface area contributed by atoms with Crippen molar-refractivity contribution in [3.8, 4) is 0 Å². The summed E-state index contributed by atoms with van der Waals surface area (Å²) in [5, 5.41) is 18.4. The van der Waals surface area contributed by atoms with Crippen LogP contribution in [0, 0.1) is 6.92 Å². The van der Waals surface area contributed by atoms with Gasteiger partial charge < -0.3 is 20.8 Å². The summed E-state index contributed by atoms with van der Waals surface area (Å²) >= 11 is 0. The lowest BCUT2D eigenvalue weighted by Gasteiger charge is -2.14. The second kappa shape index (κ2) is 6.06. The molecular weight excluding hydrogens is 210 g/mol. The first-order chi connectivity index (χ1) is 7.65. The van der Waals surface area contributed by atoms with Crippen LogP contribution in [0.2, 0.25) is 0 Å². The van der Waals surface area contributed by atoms with Crippen LogP contribution in [0.4, 0.5) is 0 Å². The number of amidine groups is 1. The Morgan fingerprint density at radius 2 is 2.44 bits per heavy atom. The molecule has 0 amide bonds. The lowest BCUT2D eigenvalue weighted by Crippen LogP contribution is -2.33. The van der Waals surface area contributed by atoms with Gasteiger partial charge in [0, 0.05) is 19.4 Å². The van der Waals surface area contributed by atoms with Gasteiger partial charge in [0.1, 0.15) is 5.84 Å². The van der Waals surface area contributed by atoms with Gasteiger partial charge in [0.15, 0.2) is 5.82 Å². The standard InChI is InChI=1S/C9H17N5O2/c1-3-7(4-8(10)13-15)11-5-9-12-6(2)16-14-9/h7,11,15H,3-5H2,1-2H3,(H2,10,13). The lowest BCUT2D eigenvalue weighted by molar-refractivity contribution is 0.315. The third-order valence-electron chi connectivity index (χ3n) is 2.20. The van der Waals surface area contributed by atoms with Gasteiger partial charge in [0.25, 0.3) is 0 Å². The number of nitrogens with one attached hydrogen (secondary N) is 1. The molecule has 0 aromatic carbocycles. The van der Waals surface area contributed by atoms with Gasteiger partial charge in [-0.2, -0.15) is 4.98 Å². The number of aryl methyl sites for hydroxylation is 1. The van der Waals surface area contributed by atoms with Crippen LogP contribution in [0.5, 0.6) is 0 Å². The Bertz CT molecular complexity index is 349. The Labute approximate surface area is 93.7 Å². The SMILES string of the molecule is CCC(CC(N)=NO)NCc1noc(C)n1. The summed E-state index contributed by atoms with van der Waals surface area (Å²) in [6.45, 7) is 4.27. The topological polar surface area (TPSA) is 110 Å². The fraction of sp³-hybridized carbons (Fsp3) is 0.667. The van der Waals surface area contributed by atoms with Crippen LogP contribution < -0.4 is 11.1 Å². The molecule has 1 atom stereocenters. The molecule has 1 aromatic rings. The first kappa shape index (κ1) is 12.4. The van der Waals surface area contributed by atoms with Crippen molar-refractivity contribution in [2.24, 2.45) is 10.9 Å². The minimum absolute atomic E-state index is 0.134. The van der Waals surface area contributed by atoms with Crippen LogP contribution in [0.15, 0.2) is 9.68 Å². The van der Waals surface area contributed by atoms with E-state index in [2.05, 4.69) is 20.6 Å². The Hall–Kier alpha value is -1.63. The molecule has 7 nitrogen and oxygen atoms in total. The highest BCUT2D eigenvalue weighted by atomic mass is 16.5. The van der Waals surface area contributed by atoms with Gasteiger partial charge in [-0.05, 0) is 6.42 Å². The van der Waals surface area contributed by atoms with Crippen LogP contribution in [0.3, 0.4) is 0 Å². The highest BCUT2D eigenvalue weighted by Gasteiger charge is 2.10. The summed E-state index contributed by atoms with van der Waals surface area (Å²) in [4.78, 5) is 4.07. The van der Waals surface area contributed by atoms with Crippen LogP contribution in [-0.4, -0.2) is 27.2 Å². The molecule has 0 bridgehead atoms. The van der Waals surface area contributed by atoms with E-state index in [1.54, 1.807) is 6.92 Å². The smallest absolute Gasteiger partial charge is 0.223 e. The monoisotopic (exact) mass is 227 g/mol. The average Bonchev–Trinajstić information content (AvgIpc) is 2.69. The normalized spacial score (nSPS) is 14.0. The van der Waals surface area contributed by atoms with Crippen LogP contribution in [0.1, 0.15) is 31.5 Å². The molecule has 0 saturated carbocycles. The zero-order valence-corrected chi connectivity index (χ0v) is 9.47. The maximum absolute atomic E-state index is 8.46. The second-order valence-electron chi connectivity index (χ2n) is 3.51. The molecule has 1 rings (SSSR count). The number of aromatic nitrogens is 2. The van der Waals surface area contributed by atoms with Crippen molar-refractivity contribution in [1.29, 1.82) is 0 Å². The first-order valence-electron chi connectivity index (χ1n) is 5.14. The minimum atomic E-state index is 0.134. The lowest BCUT2D eigenvalue weighted by atomic mass is 10.1. The third kappa shape index (κ3) is 3.85. The molecule has 0 spiro atoms. The molecule has 1 aromatic heterocycles. The number of nitrogens with zero attached hydrogens (tertiary/aromatic N) is 3. The van der Waals surface area contributed by atoms with Gasteiger partial charge in [-0.25, -0.2) is 0 Å². The van der Waals surface area contributed by atoms with Gasteiger partial charge in [0.2, 0.25) is 5.89 Å². The van der Waals surface area contributed by atoms with Gasteiger partial charge in [0.05, 0.1) is 6.54 Å². The molecule has 0 aliphatic carbocycles. The molecule has 0 aliphatic rings. The molecule has 4 N–H and O–H groups in total. The Balaban J connectivity index is 2.39. The van der Waals surface area contributed by atoms with E-state index in [9.17, 15) is 0 Å². The fourth-order valence-corrected chi connectivity index (χ4v) is 1.30. The molecule has 0 fully saturated rings. The predicted octanol–water partition coefficient (Wildman–Crippen LogP) is 0.383. The van der Waals surface area contributed by atoms with Gasteiger partial charge in [-0.1, -0.05) is 17.2 Å². The second-order valence-corrected chi connectivity index (χ2v) is 3.51. The Kier molecular flexibility index (Phi) is 4.71. The first-order valence-corrected chi connectivity index (χ1v) is 5.14. The van der Waals surface area contributed by atoms with Crippen molar-refractivity contribution in [2.75, 3.05) is 0 Å². The summed E-state index contributed by atoms with van der Waals surface area (Å²) in [6.07, 6.45) is 1.36. The molecule has 7 heteroatoms. The zero-order valence-electron chi connectivity index (χ0n) is 9.47. The van der Waals surface area contributed by atoms with Crippen molar-refractivity contribution in [1.82, 2.24) is 15.5 Å². The number of rotatable bonds is 6. The van der Waals surface area contributed by atoms with Crippen LogP contribution in [0.25, 0.3) is 0 Å². The van der Waals surface area contributed by atoms with E-state index in [1.165, 1.54) is 0 Å². The summed E-state index contributed by atoms with van der Waals surface area (Å²) in [5.41, 5.74) is 5.43. The maximum Gasteiger partial charge on any atom is 0.223 e. The van der Waals surface area contributed by atoms with Crippen LogP contribution >= 0.6 is 0 Å². The van der Waals surface area contributed by atoms with Crippen molar-refractivity contribution >= 4 is 5.84 Å². The highest BCUT2D eigenvalue weighted by Crippen LogP contribution is 2.00. The predicted molar refractivity (Wildman–Crippen MR) is 58.0 cm³/mol. The van der Waals surface area contributed by atoms with Crippen LogP contribution in [-0.2, 0) is 6.54 Å². The van der Waals surface area contributed by atoms with Gasteiger partial charge in [-0.15, -0.1) is 0 Å². The largest absolute Gasteiger partial charge is 0.409 e. The number of nitrogens with two attached hydrogens (primary N) is 1.